The molecule has 1 saturated heterocycles. The van der Waals surface area contributed by atoms with Crippen molar-refractivity contribution in [1.82, 2.24) is 10.2 Å². The highest BCUT2D eigenvalue weighted by atomic mass is 16.2. The van der Waals surface area contributed by atoms with Crippen molar-refractivity contribution in [3.8, 4) is 0 Å². The lowest BCUT2D eigenvalue weighted by Gasteiger charge is -2.31. The van der Waals surface area contributed by atoms with E-state index >= 15 is 0 Å². The second-order valence-electron chi connectivity index (χ2n) is 8.67. The van der Waals surface area contributed by atoms with Crippen LogP contribution in [-0.2, 0) is 11.3 Å². The zero-order valence-electron chi connectivity index (χ0n) is 18.3. The fourth-order valence-corrected chi connectivity index (χ4v) is 3.72. The van der Waals surface area contributed by atoms with E-state index in [1.54, 1.807) is 12.1 Å². The first-order chi connectivity index (χ1) is 14.4. The van der Waals surface area contributed by atoms with Gasteiger partial charge in [-0.2, -0.15) is 0 Å². The van der Waals surface area contributed by atoms with E-state index in [0.717, 1.165) is 32.5 Å². The van der Waals surface area contributed by atoms with Crippen molar-refractivity contribution < 1.29 is 9.59 Å². The third-order valence-electron chi connectivity index (χ3n) is 5.59. The number of nitrogens with zero attached hydrogens (tertiary/aromatic N) is 1. The van der Waals surface area contributed by atoms with Gasteiger partial charge in [0.05, 0.1) is 11.3 Å². The Morgan fingerprint density at radius 2 is 1.70 bits per heavy atom. The Labute approximate surface area is 179 Å². The number of aryl methyl sites for hydroxylation is 1. The van der Waals surface area contributed by atoms with E-state index in [2.05, 4.69) is 60.6 Å². The number of piperidine rings is 1. The van der Waals surface area contributed by atoms with Crippen LogP contribution in [0.15, 0.2) is 48.5 Å². The lowest BCUT2D eigenvalue weighted by Crippen LogP contribution is -2.38. The molecule has 0 bridgehead atoms. The molecule has 1 fully saturated rings. The normalized spacial score (nSPS) is 15.2. The molecule has 5 nitrogen and oxygen atoms in total. The van der Waals surface area contributed by atoms with Gasteiger partial charge in [-0.15, -0.1) is 0 Å². The van der Waals surface area contributed by atoms with Gasteiger partial charge in [0.2, 0.25) is 5.91 Å². The Balaban J connectivity index is 1.53. The summed E-state index contributed by atoms with van der Waals surface area (Å²) in [6.45, 7) is 9.55. The van der Waals surface area contributed by atoms with E-state index in [0.29, 0.717) is 23.7 Å². The quantitative estimate of drug-likeness (QED) is 0.722. The van der Waals surface area contributed by atoms with Gasteiger partial charge in [-0.05, 0) is 56.5 Å². The standard InChI is InChI=1S/C25H33N3O2/c1-18(2)16-26-25(30)22-6-4-5-7-23(22)27-24(29)21-12-14-28(15-13-21)17-20-10-8-19(3)9-11-20/h4-11,18,21H,12-17H2,1-3H3,(H,26,30)(H,27,29). The summed E-state index contributed by atoms with van der Waals surface area (Å²) in [5.74, 6) is 0.216. The Morgan fingerprint density at radius 3 is 2.37 bits per heavy atom. The molecule has 0 atom stereocenters. The highest BCUT2D eigenvalue weighted by Crippen LogP contribution is 2.22. The number of hydrogen-bond donors (Lipinski definition) is 2. The number of amides is 2. The lowest BCUT2D eigenvalue weighted by atomic mass is 9.95. The summed E-state index contributed by atoms with van der Waals surface area (Å²) in [6, 6.07) is 15.9. The highest BCUT2D eigenvalue weighted by Gasteiger charge is 2.26. The second-order valence-corrected chi connectivity index (χ2v) is 8.67. The van der Waals surface area contributed by atoms with Gasteiger partial charge < -0.3 is 10.6 Å². The van der Waals surface area contributed by atoms with Crippen LogP contribution in [0.1, 0.15) is 48.2 Å². The molecule has 0 spiro atoms. The first-order valence-corrected chi connectivity index (χ1v) is 10.9. The Hall–Kier alpha value is -2.66. The zero-order chi connectivity index (χ0) is 21.5. The minimum atomic E-state index is -0.146. The van der Waals surface area contributed by atoms with Gasteiger partial charge >= 0.3 is 0 Å². The SMILES string of the molecule is Cc1ccc(CN2CCC(C(=O)Nc3ccccc3C(=O)NCC(C)C)CC2)cc1. The number of hydrogen-bond acceptors (Lipinski definition) is 3. The summed E-state index contributed by atoms with van der Waals surface area (Å²) in [4.78, 5) is 27.8. The maximum Gasteiger partial charge on any atom is 0.253 e. The van der Waals surface area contributed by atoms with Gasteiger partial charge in [-0.25, -0.2) is 0 Å². The number of benzene rings is 2. The Morgan fingerprint density at radius 1 is 1.03 bits per heavy atom. The van der Waals surface area contributed by atoms with Gasteiger partial charge in [0.1, 0.15) is 0 Å². The largest absolute Gasteiger partial charge is 0.352 e. The monoisotopic (exact) mass is 407 g/mol. The van der Waals surface area contributed by atoms with Crippen LogP contribution in [0.4, 0.5) is 5.69 Å². The summed E-state index contributed by atoms with van der Waals surface area (Å²) in [7, 11) is 0. The van der Waals surface area contributed by atoms with Crippen molar-refractivity contribution in [3.05, 3.63) is 65.2 Å². The van der Waals surface area contributed by atoms with Gasteiger partial charge in [-0.3, -0.25) is 14.5 Å². The zero-order valence-corrected chi connectivity index (χ0v) is 18.3. The van der Waals surface area contributed by atoms with Crippen molar-refractivity contribution in [2.45, 2.75) is 40.2 Å². The molecule has 30 heavy (non-hydrogen) atoms. The van der Waals surface area contributed by atoms with Crippen LogP contribution in [0, 0.1) is 18.8 Å². The van der Waals surface area contributed by atoms with Crippen LogP contribution < -0.4 is 10.6 Å². The van der Waals surface area contributed by atoms with Crippen LogP contribution in [0.3, 0.4) is 0 Å². The summed E-state index contributed by atoms with van der Waals surface area (Å²) in [6.07, 6.45) is 1.67. The van der Waals surface area contributed by atoms with Gasteiger partial charge in [0.15, 0.2) is 0 Å². The number of carbonyl (C=O) groups is 2. The smallest absolute Gasteiger partial charge is 0.253 e. The maximum absolute atomic E-state index is 12.8. The molecule has 2 amide bonds. The predicted molar refractivity (Wildman–Crippen MR) is 121 cm³/mol. The van der Waals surface area contributed by atoms with E-state index in [1.165, 1.54) is 11.1 Å². The average molecular weight is 408 g/mol. The molecule has 0 aliphatic carbocycles. The fraction of sp³-hybridized carbons (Fsp3) is 0.440. The molecule has 5 heteroatoms. The van der Waals surface area contributed by atoms with Gasteiger partial charge in [0.25, 0.3) is 5.91 Å². The van der Waals surface area contributed by atoms with Crippen LogP contribution in [0.25, 0.3) is 0 Å². The van der Waals surface area contributed by atoms with E-state index < -0.39 is 0 Å². The molecule has 0 aromatic heterocycles. The summed E-state index contributed by atoms with van der Waals surface area (Å²) >= 11 is 0. The topological polar surface area (TPSA) is 61.4 Å². The first-order valence-electron chi connectivity index (χ1n) is 10.9. The van der Waals surface area contributed by atoms with E-state index in [9.17, 15) is 9.59 Å². The second kappa shape index (κ2) is 10.4. The molecule has 2 N–H and O–H groups in total. The summed E-state index contributed by atoms with van der Waals surface area (Å²) in [5.41, 5.74) is 3.69. The molecule has 0 unspecified atom stereocenters. The van der Waals surface area contributed by atoms with Crippen LogP contribution in [-0.4, -0.2) is 36.3 Å². The molecule has 160 valence electrons. The third-order valence-corrected chi connectivity index (χ3v) is 5.59. The number of nitrogens with one attached hydrogen (secondary N) is 2. The number of para-hydroxylation sites is 1. The van der Waals surface area contributed by atoms with E-state index in [4.69, 9.17) is 0 Å². The average Bonchev–Trinajstić information content (AvgIpc) is 2.74. The molecule has 0 radical (unpaired) electrons. The van der Waals surface area contributed by atoms with Crippen LogP contribution >= 0.6 is 0 Å². The van der Waals surface area contributed by atoms with E-state index in [1.807, 2.05) is 12.1 Å². The molecule has 1 aliphatic heterocycles. The molecule has 0 saturated carbocycles. The summed E-state index contributed by atoms with van der Waals surface area (Å²) in [5, 5.41) is 5.93. The summed E-state index contributed by atoms with van der Waals surface area (Å²) < 4.78 is 0. The van der Waals surface area contributed by atoms with Crippen molar-refractivity contribution >= 4 is 17.5 Å². The lowest BCUT2D eigenvalue weighted by molar-refractivity contribution is -0.121. The Bertz CT molecular complexity index is 853. The van der Waals surface area contributed by atoms with Crippen molar-refractivity contribution in [2.24, 2.45) is 11.8 Å². The predicted octanol–water partition coefficient (Wildman–Crippen LogP) is 4.23. The molecule has 1 aliphatic rings. The number of likely N-dealkylation sites (tertiary alicyclic amines) is 1. The molecular formula is C25H33N3O2. The van der Waals surface area contributed by atoms with Gasteiger partial charge in [0, 0.05) is 19.0 Å². The maximum atomic E-state index is 12.8. The number of anilines is 1. The first kappa shape index (κ1) is 22.0. The van der Waals surface area contributed by atoms with Gasteiger partial charge in [-0.1, -0.05) is 55.8 Å². The minimum absolute atomic E-state index is 0.00842. The van der Waals surface area contributed by atoms with Crippen molar-refractivity contribution in [3.63, 3.8) is 0 Å². The fourth-order valence-electron chi connectivity index (χ4n) is 3.72. The molecule has 3 rings (SSSR count). The number of carbonyl (C=O) groups excluding carboxylic acids is 2. The third kappa shape index (κ3) is 6.17. The molecular weight excluding hydrogens is 374 g/mol. The highest BCUT2D eigenvalue weighted by molar-refractivity contribution is 6.04. The molecule has 2 aromatic rings. The molecule has 2 aromatic carbocycles. The van der Waals surface area contributed by atoms with Crippen LogP contribution in [0.5, 0.6) is 0 Å². The number of rotatable bonds is 7. The minimum Gasteiger partial charge on any atom is -0.352 e. The van der Waals surface area contributed by atoms with Crippen molar-refractivity contribution in [1.29, 1.82) is 0 Å². The van der Waals surface area contributed by atoms with Crippen LogP contribution in [0.2, 0.25) is 0 Å². The van der Waals surface area contributed by atoms with E-state index in [-0.39, 0.29) is 17.7 Å². The van der Waals surface area contributed by atoms with Crippen molar-refractivity contribution in [2.75, 3.05) is 25.0 Å². The Kier molecular flexibility index (Phi) is 7.63. The molecule has 1 heterocycles.